The van der Waals surface area contributed by atoms with Gasteiger partial charge in [0.2, 0.25) is 5.91 Å². The molecule has 1 aromatic heterocycles. The highest BCUT2D eigenvalue weighted by Crippen LogP contribution is 2.30. The van der Waals surface area contributed by atoms with Gasteiger partial charge < -0.3 is 14.8 Å². The first-order chi connectivity index (χ1) is 13.1. The van der Waals surface area contributed by atoms with Crippen molar-refractivity contribution in [3.05, 3.63) is 48.0 Å². The van der Waals surface area contributed by atoms with Crippen LogP contribution in [-0.4, -0.2) is 35.2 Å². The molecule has 0 atom stereocenters. The Bertz CT molecular complexity index is 926. The van der Waals surface area contributed by atoms with Crippen molar-refractivity contribution in [2.24, 2.45) is 0 Å². The van der Waals surface area contributed by atoms with Crippen molar-refractivity contribution in [3.8, 4) is 22.9 Å². The van der Waals surface area contributed by atoms with Gasteiger partial charge in [0.15, 0.2) is 10.2 Å². The van der Waals surface area contributed by atoms with Crippen LogP contribution in [0.15, 0.2) is 46.8 Å². The van der Waals surface area contributed by atoms with Crippen molar-refractivity contribution in [2.75, 3.05) is 25.3 Å². The number of hydrogen-bond acceptors (Lipinski definition) is 7. The fraction of sp³-hybridized carbons (Fsp3) is 0.211. The fourth-order valence-corrected chi connectivity index (χ4v) is 3.73. The molecule has 0 aliphatic heterocycles. The standard InChI is InChI=1S/C19H19N3O3S2/c1-12-4-6-13(7-5-12)18-21-19(27-22-18)26-11-17(23)20-15-10-14(24-2)8-9-16(15)25-3/h4-10H,11H2,1-3H3,(H,20,23). The van der Waals surface area contributed by atoms with E-state index in [4.69, 9.17) is 9.47 Å². The van der Waals surface area contributed by atoms with Gasteiger partial charge >= 0.3 is 0 Å². The second-order valence-corrected chi connectivity index (χ2v) is 7.63. The van der Waals surface area contributed by atoms with Crippen LogP contribution in [0.5, 0.6) is 11.5 Å². The normalized spacial score (nSPS) is 10.5. The van der Waals surface area contributed by atoms with Crippen LogP contribution in [-0.2, 0) is 4.79 Å². The van der Waals surface area contributed by atoms with Crippen LogP contribution < -0.4 is 14.8 Å². The maximum Gasteiger partial charge on any atom is 0.234 e. The van der Waals surface area contributed by atoms with E-state index in [9.17, 15) is 4.79 Å². The molecule has 1 amide bonds. The highest BCUT2D eigenvalue weighted by atomic mass is 32.2. The summed E-state index contributed by atoms with van der Waals surface area (Å²) in [5.41, 5.74) is 2.72. The predicted molar refractivity (Wildman–Crippen MR) is 109 cm³/mol. The Hall–Kier alpha value is -2.58. The van der Waals surface area contributed by atoms with Gasteiger partial charge in [0.25, 0.3) is 0 Å². The molecule has 2 aromatic carbocycles. The molecule has 3 rings (SSSR count). The molecule has 0 saturated heterocycles. The third-order valence-electron chi connectivity index (χ3n) is 3.72. The number of rotatable bonds is 7. The van der Waals surface area contributed by atoms with E-state index in [1.165, 1.54) is 28.9 Å². The number of anilines is 1. The smallest absolute Gasteiger partial charge is 0.234 e. The number of nitrogens with one attached hydrogen (secondary N) is 1. The van der Waals surface area contributed by atoms with Gasteiger partial charge in [-0.1, -0.05) is 41.6 Å². The van der Waals surface area contributed by atoms with Gasteiger partial charge in [-0.05, 0) is 30.6 Å². The molecule has 140 valence electrons. The molecule has 0 spiro atoms. The second kappa shape index (κ2) is 8.88. The van der Waals surface area contributed by atoms with Gasteiger partial charge in [-0.2, -0.15) is 4.37 Å². The SMILES string of the molecule is COc1ccc(OC)c(NC(=O)CSc2nc(-c3ccc(C)cc3)ns2)c1. The van der Waals surface area contributed by atoms with E-state index in [2.05, 4.69) is 14.7 Å². The maximum absolute atomic E-state index is 12.3. The largest absolute Gasteiger partial charge is 0.497 e. The summed E-state index contributed by atoms with van der Waals surface area (Å²) >= 11 is 2.64. The average molecular weight is 402 g/mol. The lowest BCUT2D eigenvalue weighted by molar-refractivity contribution is -0.113. The molecular formula is C19H19N3O3S2. The first kappa shape index (κ1) is 19.2. The number of carbonyl (C=O) groups is 1. The first-order valence-electron chi connectivity index (χ1n) is 8.14. The van der Waals surface area contributed by atoms with E-state index in [0.717, 1.165) is 9.90 Å². The van der Waals surface area contributed by atoms with Crippen molar-refractivity contribution in [3.63, 3.8) is 0 Å². The van der Waals surface area contributed by atoms with Crippen molar-refractivity contribution in [1.82, 2.24) is 9.36 Å². The zero-order valence-corrected chi connectivity index (χ0v) is 16.8. The van der Waals surface area contributed by atoms with Gasteiger partial charge in [-0.15, -0.1) is 0 Å². The van der Waals surface area contributed by atoms with Gasteiger partial charge in [-0.3, -0.25) is 4.79 Å². The molecule has 6 nitrogen and oxygen atoms in total. The van der Waals surface area contributed by atoms with Crippen LogP contribution in [0.4, 0.5) is 5.69 Å². The van der Waals surface area contributed by atoms with Crippen molar-refractivity contribution in [2.45, 2.75) is 11.3 Å². The summed E-state index contributed by atoms with van der Waals surface area (Å²) < 4.78 is 15.6. The average Bonchev–Trinajstić information content (AvgIpc) is 3.16. The van der Waals surface area contributed by atoms with Crippen LogP contribution in [0.1, 0.15) is 5.56 Å². The molecule has 8 heteroatoms. The number of benzene rings is 2. The van der Waals surface area contributed by atoms with E-state index < -0.39 is 0 Å². The lowest BCUT2D eigenvalue weighted by atomic mass is 10.1. The number of aromatic nitrogens is 2. The zero-order valence-electron chi connectivity index (χ0n) is 15.2. The minimum atomic E-state index is -0.154. The summed E-state index contributed by atoms with van der Waals surface area (Å²) in [6.07, 6.45) is 0. The molecule has 3 aromatic rings. The second-order valence-electron chi connectivity index (χ2n) is 5.65. The fourth-order valence-electron chi connectivity index (χ4n) is 2.31. The molecule has 27 heavy (non-hydrogen) atoms. The molecule has 0 saturated carbocycles. The van der Waals surface area contributed by atoms with Gasteiger partial charge in [0, 0.05) is 11.6 Å². The Balaban J connectivity index is 1.61. The molecular weight excluding hydrogens is 382 g/mol. The third kappa shape index (κ3) is 4.99. The monoisotopic (exact) mass is 401 g/mol. The third-order valence-corrected chi connectivity index (χ3v) is 5.56. The minimum Gasteiger partial charge on any atom is -0.497 e. The number of ether oxygens (including phenoxy) is 2. The summed E-state index contributed by atoms with van der Waals surface area (Å²) in [7, 11) is 3.13. The number of thioether (sulfide) groups is 1. The van der Waals surface area contributed by atoms with Crippen LogP contribution >= 0.6 is 23.3 Å². The predicted octanol–water partition coefficient (Wildman–Crippen LogP) is 4.26. The lowest BCUT2D eigenvalue weighted by Crippen LogP contribution is -2.14. The Morgan fingerprint density at radius 2 is 1.93 bits per heavy atom. The highest BCUT2D eigenvalue weighted by molar-refractivity contribution is 8.01. The topological polar surface area (TPSA) is 73.3 Å². The van der Waals surface area contributed by atoms with Crippen molar-refractivity contribution in [1.29, 1.82) is 0 Å². The summed E-state index contributed by atoms with van der Waals surface area (Å²) in [5.74, 6) is 1.97. The van der Waals surface area contributed by atoms with Crippen LogP contribution in [0.2, 0.25) is 0 Å². The number of carbonyl (C=O) groups excluding carboxylic acids is 1. The molecule has 0 aliphatic carbocycles. The number of aryl methyl sites for hydroxylation is 1. The Kier molecular flexibility index (Phi) is 6.31. The van der Waals surface area contributed by atoms with E-state index in [-0.39, 0.29) is 11.7 Å². The molecule has 1 heterocycles. The first-order valence-corrected chi connectivity index (χ1v) is 9.90. The number of amides is 1. The van der Waals surface area contributed by atoms with E-state index >= 15 is 0 Å². The number of nitrogens with zero attached hydrogens (tertiary/aromatic N) is 2. The lowest BCUT2D eigenvalue weighted by Gasteiger charge is -2.11. The van der Waals surface area contributed by atoms with Gasteiger partial charge in [0.1, 0.15) is 11.5 Å². The number of hydrogen-bond donors (Lipinski definition) is 1. The van der Waals surface area contributed by atoms with Crippen LogP contribution in [0.25, 0.3) is 11.4 Å². The summed E-state index contributed by atoms with van der Waals surface area (Å²) in [4.78, 5) is 16.8. The van der Waals surface area contributed by atoms with Crippen LogP contribution in [0, 0.1) is 6.92 Å². The highest BCUT2D eigenvalue weighted by Gasteiger charge is 2.12. The molecule has 0 bridgehead atoms. The van der Waals surface area contributed by atoms with E-state index in [1.807, 2.05) is 31.2 Å². The Morgan fingerprint density at radius 1 is 1.15 bits per heavy atom. The Morgan fingerprint density at radius 3 is 2.63 bits per heavy atom. The van der Waals surface area contributed by atoms with Gasteiger partial charge in [0.05, 0.1) is 25.7 Å². The van der Waals surface area contributed by atoms with Crippen LogP contribution in [0.3, 0.4) is 0 Å². The minimum absolute atomic E-state index is 0.154. The van der Waals surface area contributed by atoms with E-state index in [0.29, 0.717) is 23.0 Å². The van der Waals surface area contributed by atoms with Gasteiger partial charge in [-0.25, -0.2) is 4.98 Å². The molecule has 0 unspecified atom stereocenters. The zero-order chi connectivity index (χ0) is 19.2. The molecule has 0 aliphatic rings. The quantitative estimate of drug-likeness (QED) is 0.596. The Labute approximate surface area is 166 Å². The maximum atomic E-state index is 12.3. The van der Waals surface area contributed by atoms with E-state index in [1.54, 1.807) is 32.4 Å². The summed E-state index contributed by atoms with van der Waals surface area (Å²) in [6, 6.07) is 13.3. The molecule has 1 N–H and O–H groups in total. The molecule has 0 fully saturated rings. The summed E-state index contributed by atoms with van der Waals surface area (Å²) in [6.45, 7) is 2.04. The molecule has 0 radical (unpaired) electrons. The van der Waals surface area contributed by atoms with Crippen molar-refractivity contribution >= 4 is 34.9 Å². The van der Waals surface area contributed by atoms with Crippen molar-refractivity contribution < 1.29 is 14.3 Å². The summed E-state index contributed by atoms with van der Waals surface area (Å²) in [5, 5.41) is 2.84. The number of methoxy groups -OCH3 is 2.